The molecule has 0 spiro atoms. The number of hydrogen-bond acceptors (Lipinski definition) is 5. The minimum atomic E-state index is 0.566. The van der Waals surface area contributed by atoms with Crippen LogP contribution in [0.15, 0.2) is 0 Å². The van der Waals surface area contributed by atoms with Gasteiger partial charge in [-0.2, -0.15) is 0 Å². The van der Waals surface area contributed by atoms with Gasteiger partial charge in [-0.3, -0.25) is 4.90 Å². The molecular weight excluding hydrogens is 274 g/mol. The van der Waals surface area contributed by atoms with Gasteiger partial charge in [-0.15, -0.1) is 0 Å². The highest BCUT2D eigenvalue weighted by atomic mass is 15.2. The fourth-order valence-electron chi connectivity index (χ4n) is 2.17. The van der Waals surface area contributed by atoms with Crippen molar-refractivity contribution in [1.29, 1.82) is 0 Å². The van der Waals surface area contributed by atoms with Gasteiger partial charge in [0.25, 0.3) is 0 Å². The topological polar surface area (TPSA) is 51.4 Å². The quantitative estimate of drug-likeness (QED) is 0.338. The SMILES string of the molecule is CC(C)NCCNCCN(CCNC(C)C)CCNC(C)C. The van der Waals surface area contributed by atoms with E-state index in [-0.39, 0.29) is 0 Å². The lowest BCUT2D eigenvalue weighted by atomic mass is 10.3. The van der Waals surface area contributed by atoms with E-state index < -0.39 is 0 Å². The molecule has 0 fully saturated rings. The summed E-state index contributed by atoms with van der Waals surface area (Å²) in [5, 5.41) is 14.0. The fraction of sp³-hybridized carbons (Fsp3) is 1.00. The zero-order valence-electron chi connectivity index (χ0n) is 15.8. The Morgan fingerprint density at radius 2 is 0.955 bits per heavy atom. The van der Waals surface area contributed by atoms with Crippen LogP contribution in [-0.4, -0.2) is 75.4 Å². The van der Waals surface area contributed by atoms with Crippen LogP contribution < -0.4 is 21.3 Å². The summed E-state index contributed by atoms with van der Waals surface area (Å²) in [6.45, 7) is 21.8. The molecule has 0 saturated heterocycles. The zero-order valence-corrected chi connectivity index (χ0v) is 15.8. The Hall–Kier alpha value is -0.200. The third-order valence-corrected chi connectivity index (χ3v) is 3.42. The molecule has 134 valence electrons. The van der Waals surface area contributed by atoms with Crippen LogP contribution in [0.25, 0.3) is 0 Å². The Morgan fingerprint density at radius 1 is 0.545 bits per heavy atom. The van der Waals surface area contributed by atoms with Crippen molar-refractivity contribution < 1.29 is 0 Å². The van der Waals surface area contributed by atoms with Crippen LogP contribution in [0.1, 0.15) is 41.5 Å². The molecule has 0 aliphatic heterocycles. The summed E-state index contributed by atoms with van der Waals surface area (Å²) in [6.07, 6.45) is 0. The van der Waals surface area contributed by atoms with Gasteiger partial charge < -0.3 is 21.3 Å². The second-order valence-corrected chi connectivity index (χ2v) is 6.92. The Balaban J connectivity index is 3.80. The number of hydrogen-bond donors (Lipinski definition) is 4. The van der Waals surface area contributed by atoms with Gasteiger partial charge in [-0.25, -0.2) is 0 Å². The number of nitrogens with one attached hydrogen (secondary N) is 4. The van der Waals surface area contributed by atoms with Crippen molar-refractivity contribution in [3.05, 3.63) is 0 Å². The molecule has 0 rings (SSSR count). The average molecular weight is 316 g/mol. The van der Waals surface area contributed by atoms with Crippen LogP contribution in [0.4, 0.5) is 0 Å². The molecule has 0 amide bonds. The van der Waals surface area contributed by atoms with Crippen molar-refractivity contribution in [2.24, 2.45) is 0 Å². The van der Waals surface area contributed by atoms with Crippen molar-refractivity contribution in [3.8, 4) is 0 Å². The maximum absolute atomic E-state index is 3.52. The van der Waals surface area contributed by atoms with Gasteiger partial charge in [0.1, 0.15) is 0 Å². The third-order valence-electron chi connectivity index (χ3n) is 3.42. The first-order chi connectivity index (χ1) is 10.4. The predicted molar refractivity (Wildman–Crippen MR) is 98.7 cm³/mol. The molecule has 0 unspecified atom stereocenters. The summed E-state index contributed by atoms with van der Waals surface area (Å²) in [5.74, 6) is 0. The van der Waals surface area contributed by atoms with E-state index in [0.717, 1.165) is 52.4 Å². The standard InChI is InChI=1S/C17H41N5/c1-15(2)19-8-7-18-9-12-22(13-10-20-16(3)4)14-11-21-17(5)6/h15-21H,7-14H2,1-6H3. The first-order valence-corrected chi connectivity index (χ1v) is 9.05. The van der Waals surface area contributed by atoms with Crippen LogP contribution in [0.3, 0.4) is 0 Å². The first kappa shape index (κ1) is 21.8. The summed E-state index contributed by atoms with van der Waals surface area (Å²) in [4.78, 5) is 2.54. The molecular formula is C17H41N5. The molecule has 5 heteroatoms. The molecule has 0 radical (unpaired) electrons. The van der Waals surface area contributed by atoms with E-state index in [1.807, 2.05) is 0 Å². The van der Waals surface area contributed by atoms with E-state index in [1.165, 1.54) is 0 Å². The summed E-state index contributed by atoms with van der Waals surface area (Å²) in [7, 11) is 0. The third kappa shape index (κ3) is 16.2. The van der Waals surface area contributed by atoms with Gasteiger partial charge in [-0.1, -0.05) is 41.5 Å². The molecule has 0 aliphatic rings. The van der Waals surface area contributed by atoms with Crippen molar-refractivity contribution in [2.75, 3.05) is 52.4 Å². The fourth-order valence-corrected chi connectivity index (χ4v) is 2.17. The highest BCUT2D eigenvalue weighted by Crippen LogP contribution is 1.88. The van der Waals surface area contributed by atoms with Crippen LogP contribution in [-0.2, 0) is 0 Å². The molecule has 0 aromatic carbocycles. The normalized spacial score (nSPS) is 12.3. The van der Waals surface area contributed by atoms with Gasteiger partial charge in [-0.05, 0) is 0 Å². The smallest absolute Gasteiger partial charge is 0.0108 e. The Bertz CT molecular complexity index is 217. The lowest BCUT2D eigenvalue weighted by Gasteiger charge is -2.24. The van der Waals surface area contributed by atoms with Gasteiger partial charge in [0.15, 0.2) is 0 Å². The van der Waals surface area contributed by atoms with E-state index in [1.54, 1.807) is 0 Å². The van der Waals surface area contributed by atoms with Crippen LogP contribution in [0.2, 0.25) is 0 Å². The van der Waals surface area contributed by atoms with Gasteiger partial charge >= 0.3 is 0 Å². The second kappa shape index (κ2) is 14.4. The van der Waals surface area contributed by atoms with Gasteiger partial charge in [0.05, 0.1) is 0 Å². The Kier molecular flexibility index (Phi) is 14.3. The largest absolute Gasteiger partial charge is 0.314 e. The van der Waals surface area contributed by atoms with Crippen molar-refractivity contribution in [2.45, 2.75) is 59.7 Å². The highest BCUT2D eigenvalue weighted by Gasteiger charge is 2.05. The maximum atomic E-state index is 3.52. The van der Waals surface area contributed by atoms with Crippen molar-refractivity contribution in [3.63, 3.8) is 0 Å². The van der Waals surface area contributed by atoms with Crippen molar-refractivity contribution >= 4 is 0 Å². The molecule has 0 aromatic heterocycles. The molecule has 0 atom stereocenters. The van der Waals surface area contributed by atoms with E-state index in [9.17, 15) is 0 Å². The van der Waals surface area contributed by atoms with E-state index >= 15 is 0 Å². The Morgan fingerprint density at radius 3 is 1.41 bits per heavy atom. The lowest BCUT2D eigenvalue weighted by molar-refractivity contribution is 0.267. The highest BCUT2D eigenvalue weighted by molar-refractivity contribution is 4.66. The van der Waals surface area contributed by atoms with E-state index in [2.05, 4.69) is 67.7 Å². The molecule has 0 heterocycles. The zero-order chi connectivity index (χ0) is 16.8. The first-order valence-electron chi connectivity index (χ1n) is 9.05. The summed E-state index contributed by atoms with van der Waals surface area (Å²) in [6, 6.07) is 1.70. The molecule has 0 bridgehead atoms. The molecule has 0 saturated carbocycles. The molecule has 0 aromatic rings. The summed E-state index contributed by atoms with van der Waals surface area (Å²) in [5.41, 5.74) is 0. The monoisotopic (exact) mass is 315 g/mol. The van der Waals surface area contributed by atoms with E-state index in [0.29, 0.717) is 18.1 Å². The second-order valence-electron chi connectivity index (χ2n) is 6.92. The molecule has 4 N–H and O–H groups in total. The molecule has 22 heavy (non-hydrogen) atoms. The number of rotatable bonds is 15. The summed E-state index contributed by atoms with van der Waals surface area (Å²) < 4.78 is 0. The van der Waals surface area contributed by atoms with Gasteiger partial charge in [0.2, 0.25) is 0 Å². The average Bonchev–Trinajstić information content (AvgIpc) is 2.40. The van der Waals surface area contributed by atoms with Crippen LogP contribution >= 0.6 is 0 Å². The van der Waals surface area contributed by atoms with Crippen LogP contribution in [0, 0.1) is 0 Å². The van der Waals surface area contributed by atoms with Crippen molar-refractivity contribution in [1.82, 2.24) is 26.2 Å². The lowest BCUT2D eigenvalue weighted by Crippen LogP contribution is -2.43. The minimum Gasteiger partial charge on any atom is -0.314 e. The molecule has 5 nitrogen and oxygen atoms in total. The van der Waals surface area contributed by atoms with Crippen LogP contribution in [0.5, 0.6) is 0 Å². The summed E-state index contributed by atoms with van der Waals surface area (Å²) >= 11 is 0. The minimum absolute atomic E-state index is 0.566. The van der Waals surface area contributed by atoms with Gasteiger partial charge in [0, 0.05) is 70.5 Å². The molecule has 0 aliphatic carbocycles. The number of nitrogens with zero attached hydrogens (tertiary/aromatic N) is 1. The Labute approximate surface area is 139 Å². The van der Waals surface area contributed by atoms with E-state index in [4.69, 9.17) is 0 Å². The maximum Gasteiger partial charge on any atom is 0.0108 e. The predicted octanol–water partition coefficient (Wildman–Crippen LogP) is 0.872.